The van der Waals surface area contributed by atoms with Crippen LogP contribution in [0.3, 0.4) is 0 Å². The highest BCUT2D eigenvalue weighted by atomic mass is 15.4. The van der Waals surface area contributed by atoms with Crippen LogP contribution in [-0.2, 0) is 0 Å². The number of nitrogens with zero attached hydrogens (tertiary/aromatic N) is 2. The molecule has 0 aromatic rings. The molecule has 4 nitrogen and oxygen atoms in total. The summed E-state index contributed by atoms with van der Waals surface area (Å²) in [5, 5.41) is 0. The van der Waals surface area contributed by atoms with Crippen LogP contribution in [0, 0.1) is 5.92 Å². The first kappa shape index (κ1) is 15.2. The van der Waals surface area contributed by atoms with Crippen molar-refractivity contribution in [1.82, 2.24) is 15.2 Å². The van der Waals surface area contributed by atoms with Crippen molar-refractivity contribution in [2.75, 3.05) is 32.7 Å². The van der Waals surface area contributed by atoms with Crippen molar-refractivity contribution in [3.63, 3.8) is 0 Å². The quantitative estimate of drug-likeness (QED) is 0.516. The summed E-state index contributed by atoms with van der Waals surface area (Å²) in [5.41, 5.74) is 3.13. The third kappa shape index (κ3) is 3.91. The fraction of sp³-hybridized carbons (Fsp3) is 1.00. The molecule has 4 heteroatoms. The molecule has 112 valence electrons. The smallest absolute Gasteiger partial charge is 0.0391 e. The number of nitrogens with one attached hydrogen (secondary N) is 1. The van der Waals surface area contributed by atoms with Gasteiger partial charge >= 0.3 is 0 Å². The lowest BCUT2D eigenvalue weighted by Crippen LogP contribution is -2.67. The van der Waals surface area contributed by atoms with Gasteiger partial charge in [0.25, 0.3) is 0 Å². The predicted octanol–water partition coefficient (Wildman–Crippen LogP) is 1.42. The number of piperazine rings is 3. The van der Waals surface area contributed by atoms with Crippen molar-refractivity contribution in [2.24, 2.45) is 11.8 Å². The third-order valence-electron chi connectivity index (χ3n) is 5.13. The lowest BCUT2D eigenvalue weighted by atomic mass is 9.87. The van der Waals surface area contributed by atoms with Gasteiger partial charge in [-0.3, -0.25) is 21.1 Å². The van der Waals surface area contributed by atoms with E-state index in [1.165, 1.54) is 64.8 Å². The van der Waals surface area contributed by atoms with Gasteiger partial charge in [0.15, 0.2) is 0 Å². The summed E-state index contributed by atoms with van der Waals surface area (Å²) in [5.74, 6) is 6.70. The first-order valence-corrected chi connectivity index (χ1v) is 8.21. The summed E-state index contributed by atoms with van der Waals surface area (Å²) in [6.07, 6.45) is 6.55. The molecule has 0 radical (unpaired) electrons. The van der Waals surface area contributed by atoms with E-state index in [0.29, 0.717) is 12.1 Å². The fourth-order valence-electron chi connectivity index (χ4n) is 3.72. The van der Waals surface area contributed by atoms with Gasteiger partial charge in [-0.15, -0.1) is 0 Å². The second-order valence-electron chi connectivity index (χ2n) is 6.33. The average molecular weight is 268 g/mol. The molecule has 0 saturated carbocycles. The SMILES string of the molecule is CCCCC(CC)CC(NN)C1CN2CCN1CC2. The van der Waals surface area contributed by atoms with Gasteiger partial charge in [0, 0.05) is 44.8 Å². The van der Waals surface area contributed by atoms with Gasteiger partial charge in [-0.25, -0.2) is 0 Å². The first-order chi connectivity index (χ1) is 9.28. The molecular weight excluding hydrogens is 236 g/mol. The van der Waals surface area contributed by atoms with Crippen LogP contribution in [0.1, 0.15) is 46.0 Å². The molecule has 0 aromatic carbocycles. The number of fused-ring (bicyclic) bond motifs is 3. The van der Waals surface area contributed by atoms with E-state index in [0.717, 1.165) is 5.92 Å². The molecule has 3 N–H and O–H groups in total. The Kier molecular flexibility index (Phi) is 6.07. The van der Waals surface area contributed by atoms with Crippen LogP contribution in [0.2, 0.25) is 0 Å². The molecule has 3 saturated heterocycles. The molecule has 3 atom stereocenters. The molecular formula is C15H32N4. The zero-order valence-corrected chi connectivity index (χ0v) is 12.8. The van der Waals surface area contributed by atoms with E-state index in [2.05, 4.69) is 29.1 Å². The number of hydrogen-bond donors (Lipinski definition) is 2. The van der Waals surface area contributed by atoms with Crippen LogP contribution >= 0.6 is 0 Å². The zero-order valence-electron chi connectivity index (χ0n) is 12.8. The van der Waals surface area contributed by atoms with Crippen molar-refractivity contribution in [3.05, 3.63) is 0 Å². The van der Waals surface area contributed by atoms with Crippen LogP contribution in [0.15, 0.2) is 0 Å². The molecule has 19 heavy (non-hydrogen) atoms. The fourth-order valence-corrected chi connectivity index (χ4v) is 3.72. The molecule has 3 fully saturated rings. The van der Waals surface area contributed by atoms with Crippen LogP contribution in [0.25, 0.3) is 0 Å². The highest BCUT2D eigenvalue weighted by Crippen LogP contribution is 2.25. The number of hydrogen-bond acceptors (Lipinski definition) is 4. The maximum atomic E-state index is 5.87. The van der Waals surface area contributed by atoms with Gasteiger partial charge in [-0.2, -0.15) is 0 Å². The Balaban J connectivity index is 1.88. The molecule has 0 aromatic heterocycles. The standard InChI is InChI=1S/C15H32N4/c1-3-5-6-13(4-2)11-14(17-16)15-12-18-7-9-19(15)10-8-18/h13-15,17H,3-12,16H2,1-2H3. The summed E-state index contributed by atoms with van der Waals surface area (Å²) in [4.78, 5) is 5.25. The second kappa shape index (κ2) is 7.58. The summed E-state index contributed by atoms with van der Waals surface area (Å²) >= 11 is 0. The Morgan fingerprint density at radius 3 is 2.42 bits per heavy atom. The molecule has 3 unspecified atom stereocenters. The Labute approximate surface area is 118 Å². The summed E-state index contributed by atoms with van der Waals surface area (Å²) < 4.78 is 0. The molecule has 3 aliphatic rings. The van der Waals surface area contributed by atoms with Gasteiger partial charge in [0.2, 0.25) is 0 Å². The maximum Gasteiger partial charge on any atom is 0.0391 e. The molecule has 2 bridgehead atoms. The van der Waals surface area contributed by atoms with Crippen molar-refractivity contribution in [1.29, 1.82) is 0 Å². The normalized spacial score (nSPS) is 33.3. The highest BCUT2D eigenvalue weighted by Gasteiger charge is 2.36. The van der Waals surface area contributed by atoms with E-state index < -0.39 is 0 Å². The minimum Gasteiger partial charge on any atom is -0.299 e. The van der Waals surface area contributed by atoms with E-state index in [1.807, 2.05) is 0 Å². The van der Waals surface area contributed by atoms with Gasteiger partial charge in [-0.1, -0.05) is 39.5 Å². The van der Waals surface area contributed by atoms with E-state index in [9.17, 15) is 0 Å². The van der Waals surface area contributed by atoms with Crippen molar-refractivity contribution in [3.8, 4) is 0 Å². The van der Waals surface area contributed by atoms with E-state index in [-0.39, 0.29) is 0 Å². The Hall–Kier alpha value is -0.160. The minimum absolute atomic E-state index is 0.463. The monoisotopic (exact) mass is 268 g/mol. The molecule has 0 amide bonds. The van der Waals surface area contributed by atoms with E-state index >= 15 is 0 Å². The molecule has 3 rings (SSSR count). The predicted molar refractivity (Wildman–Crippen MR) is 80.8 cm³/mol. The van der Waals surface area contributed by atoms with Crippen LogP contribution in [0.4, 0.5) is 0 Å². The first-order valence-electron chi connectivity index (χ1n) is 8.21. The lowest BCUT2D eigenvalue weighted by Gasteiger charge is -2.50. The van der Waals surface area contributed by atoms with Gasteiger partial charge < -0.3 is 0 Å². The summed E-state index contributed by atoms with van der Waals surface area (Å²) in [6, 6.07) is 1.09. The van der Waals surface area contributed by atoms with Crippen LogP contribution in [-0.4, -0.2) is 54.6 Å². The van der Waals surface area contributed by atoms with Crippen molar-refractivity contribution >= 4 is 0 Å². The Morgan fingerprint density at radius 2 is 1.95 bits per heavy atom. The molecule has 3 heterocycles. The lowest BCUT2D eigenvalue weighted by molar-refractivity contribution is -0.00728. The highest BCUT2D eigenvalue weighted by molar-refractivity contribution is 4.94. The topological polar surface area (TPSA) is 44.5 Å². The number of rotatable bonds is 8. The summed E-state index contributed by atoms with van der Waals surface area (Å²) in [7, 11) is 0. The number of unbranched alkanes of at least 4 members (excludes halogenated alkanes) is 1. The van der Waals surface area contributed by atoms with Gasteiger partial charge in [0.1, 0.15) is 0 Å². The average Bonchev–Trinajstić information content (AvgIpc) is 2.49. The summed E-state index contributed by atoms with van der Waals surface area (Å²) in [6.45, 7) is 10.8. The Morgan fingerprint density at radius 1 is 1.21 bits per heavy atom. The Bertz CT molecular complexity index is 251. The number of nitrogens with two attached hydrogens (primary N) is 1. The second-order valence-corrected chi connectivity index (χ2v) is 6.33. The van der Waals surface area contributed by atoms with Crippen LogP contribution < -0.4 is 11.3 Å². The van der Waals surface area contributed by atoms with Gasteiger partial charge in [-0.05, 0) is 12.3 Å². The van der Waals surface area contributed by atoms with E-state index in [1.54, 1.807) is 0 Å². The third-order valence-corrected chi connectivity index (χ3v) is 5.13. The van der Waals surface area contributed by atoms with E-state index in [4.69, 9.17) is 5.84 Å². The number of hydrazine groups is 1. The van der Waals surface area contributed by atoms with Crippen molar-refractivity contribution in [2.45, 2.75) is 58.0 Å². The zero-order chi connectivity index (χ0) is 13.7. The molecule has 0 spiro atoms. The largest absolute Gasteiger partial charge is 0.299 e. The minimum atomic E-state index is 0.463. The maximum absolute atomic E-state index is 5.87. The van der Waals surface area contributed by atoms with Gasteiger partial charge in [0.05, 0.1) is 0 Å². The van der Waals surface area contributed by atoms with Crippen LogP contribution in [0.5, 0.6) is 0 Å². The molecule has 0 aliphatic carbocycles. The van der Waals surface area contributed by atoms with Crippen molar-refractivity contribution < 1.29 is 0 Å². The molecule has 3 aliphatic heterocycles.